The van der Waals surface area contributed by atoms with Crippen LogP contribution in [-0.4, -0.2) is 70.1 Å². The van der Waals surface area contributed by atoms with Gasteiger partial charge in [0, 0.05) is 0 Å². The van der Waals surface area contributed by atoms with E-state index in [1.54, 1.807) is 0 Å². The van der Waals surface area contributed by atoms with E-state index >= 15 is 0 Å². The van der Waals surface area contributed by atoms with Crippen molar-refractivity contribution in [3.63, 3.8) is 0 Å². The van der Waals surface area contributed by atoms with E-state index in [-0.39, 0.29) is 65.2 Å². The van der Waals surface area contributed by atoms with Crippen LogP contribution in [0.2, 0.25) is 0 Å². The van der Waals surface area contributed by atoms with Crippen LogP contribution in [0.25, 0.3) is 0 Å². The van der Waals surface area contributed by atoms with E-state index in [1.165, 1.54) is 0 Å². The van der Waals surface area contributed by atoms with Gasteiger partial charge in [-0.25, -0.2) is 0 Å². The molecule has 0 amide bonds. The van der Waals surface area contributed by atoms with Crippen molar-refractivity contribution < 1.29 is 14.0 Å². The second-order valence-electron chi connectivity index (χ2n) is 0.519. The standard InChI is InChI=1S/CH4ClO3P.2Na.2H/c2-1-5-6(3)4;;;;/h6H,1H2,(H,3,4);;;;. The molecule has 0 fully saturated rings. The van der Waals surface area contributed by atoms with Crippen molar-refractivity contribution in [1.82, 2.24) is 0 Å². The third-order valence-corrected chi connectivity index (χ3v) is 0.861. The molecule has 0 aromatic heterocycles. The second kappa shape index (κ2) is 12.1. The summed E-state index contributed by atoms with van der Waals surface area (Å²) in [4.78, 5) is 7.79. The van der Waals surface area contributed by atoms with Gasteiger partial charge in [0.1, 0.15) is 6.07 Å². The van der Waals surface area contributed by atoms with Gasteiger partial charge in [-0.3, -0.25) is 9.09 Å². The van der Waals surface area contributed by atoms with Crippen LogP contribution in [0.3, 0.4) is 0 Å². The zero-order valence-electron chi connectivity index (χ0n) is 2.85. The molecule has 1 unspecified atom stereocenters. The van der Waals surface area contributed by atoms with Crippen LogP contribution in [-0.2, 0) is 9.09 Å². The first-order valence-electron chi connectivity index (χ1n) is 1.19. The number of halogens is 1. The first-order chi connectivity index (χ1) is 2.77. The minimum absolute atomic E-state index is 0. The SMILES string of the molecule is O=[PH](O)OCCl.[NaH].[NaH]. The third-order valence-electron chi connectivity index (χ3n) is 0.178. The molecule has 0 aromatic carbocycles. The van der Waals surface area contributed by atoms with E-state index in [9.17, 15) is 4.57 Å². The van der Waals surface area contributed by atoms with Gasteiger partial charge in [-0.1, -0.05) is 11.6 Å². The summed E-state index contributed by atoms with van der Waals surface area (Å²) in [6.07, 6.45) is 0. The minimum atomic E-state index is -2.77. The van der Waals surface area contributed by atoms with E-state index < -0.39 is 8.25 Å². The summed E-state index contributed by atoms with van der Waals surface area (Å²) >= 11 is 4.84. The Morgan fingerprint density at radius 2 is 2.00 bits per heavy atom. The Hall–Kier alpha value is 2.44. The molecule has 0 spiro atoms. The summed E-state index contributed by atoms with van der Waals surface area (Å²) in [6.45, 7) is 0. The quantitative estimate of drug-likeness (QED) is 0.345. The zero-order valence-corrected chi connectivity index (χ0v) is 4.60. The molecule has 0 aliphatic rings. The molecule has 0 heterocycles. The van der Waals surface area contributed by atoms with Gasteiger partial charge < -0.3 is 4.89 Å². The Bertz CT molecular complexity index is 61.2. The van der Waals surface area contributed by atoms with Gasteiger partial charge in [0.05, 0.1) is 0 Å². The number of hydrogen-bond donors (Lipinski definition) is 1. The number of hydrogen-bond acceptors (Lipinski definition) is 2. The molecule has 8 heavy (non-hydrogen) atoms. The fourth-order valence-electron chi connectivity index (χ4n) is 0.0467. The van der Waals surface area contributed by atoms with Gasteiger partial charge in [-0.05, 0) is 0 Å². The summed E-state index contributed by atoms with van der Waals surface area (Å²) < 4.78 is 13.4. The molecule has 1 N–H and O–H groups in total. The van der Waals surface area contributed by atoms with Gasteiger partial charge in [-0.2, -0.15) is 0 Å². The van der Waals surface area contributed by atoms with E-state index in [2.05, 4.69) is 4.52 Å². The summed E-state index contributed by atoms with van der Waals surface area (Å²) in [5, 5.41) is 0. The molecule has 0 bridgehead atoms. The monoisotopic (exact) mass is 178 g/mol. The predicted molar refractivity (Wildman–Crippen MR) is 37.3 cm³/mol. The molecule has 7 heteroatoms. The summed E-state index contributed by atoms with van der Waals surface area (Å²) in [6, 6.07) is -0.214. The second-order valence-corrected chi connectivity index (χ2v) is 1.56. The first-order valence-corrected chi connectivity index (χ1v) is 2.99. The van der Waals surface area contributed by atoms with Crippen molar-refractivity contribution in [2.75, 3.05) is 6.07 Å². The Morgan fingerprint density at radius 1 is 1.62 bits per heavy atom. The average molecular weight is 178 g/mol. The first kappa shape index (κ1) is 16.8. The Labute approximate surface area is 97.7 Å². The Balaban J connectivity index is -0.000000125. The molecule has 0 aliphatic carbocycles. The average Bonchev–Trinajstić information content (AvgIpc) is 1.35. The third kappa shape index (κ3) is 15.8. The molecular weight excluding hydrogens is 172 g/mol. The Morgan fingerprint density at radius 3 is 2.00 bits per heavy atom. The molecule has 0 rings (SSSR count). The fraction of sp³-hybridized carbons (Fsp3) is 1.00. The van der Waals surface area contributed by atoms with Crippen LogP contribution in [0, 0.1) is 0 Å². The zero-order chi connectivity index (χ0) is 4.99. The maximum absolute atomic E-state index is 9.48. The molecular formula is CH6ClNa2O3P. The molecule has 0 saturated carbocycles. The van der Waals surface area contributed by atoms with Crippen LogP contribution in [0.5, 0.6) is 0 Å². The van der Waals surface area contributed by atoms with E-state index in [4.69, 9.17) is 16.5 Å². The molecule has 0 aromatic rings. The van der Waals surface area contributed by atoms with Crippen LogP contribution in [0.1, 0.15) is 0 Å². The van der Waals surface area contributed by atoms with Gasteiger partial charge in [0.15, 0.2) is 0 Å². The molecule has 3 nitrogen and oxygen atoms in total. The molecule has 42 valence electrons. The fourth-order valence-corrected chi connectivity index (χ4v) is 0.420. The van der Waals surface area contributed by atoms with Gasteiger partial charge in [-0.15, -0.1) is 0 Å². The van der Waals surface area contributed by atoms with Crippen molar-refractivity contribution in [3.8, 4) is 0 Å². The maximum atomic E-state index is 9.48. The van der Waals surface area contributed by atoms with Gasteiger partial charge in [0.2, 0.25) is 0 Å². The summed E-state index contributed by atoms with van der Waals surface area (Å²) in [5.74, 6) is 0. The normalized spacial score (nSPS) is 10.8. The van der Waals surface area contributed by atoms with Crippen LogP contribution in [0.4, 0.5) is 0 Å². The predicted octanol–water partition coefficient (Wildman–Crippen LogP) is -0.716. The van der Waals surface area contributed by atoms with Crippen molar-refractivity contribution in [1.29, 1.82) is 0 Å². The van der Waals surface area contributed by atoms with E-state index in [1.807, 2.05) is 0 Å². The summed E-state index contributed by atoms with van der Waals surface area (Å²) in [7, 11) is -2.77. The van der Waals surface area contributed by atoms with E-state index in [0.717, 1.165) is 0 Å². The number of alkyl halides is 1. The van der Waals surface area contributed by atoms with E-state index in [0.29, 0.717) is 0 Å². The molecule has 0 aliphatic heterocycles. The Kier molecular flexibility index (Phi) is 25.5. The summed E-state index contributed by atoms with van der Waals surface area (Å²) in [5.41, 5.74) is 0. The van der Waals surface area contributed by atoms with Crippen LogP contribution >= 0.6 is 19.9 Å². The van der Waals surface area contributed by atoms with Crippen molar-refractivity contribution in [3.05, 3.63) is 0 Å². The van der Waals surface area contributed by atoms with Crippen LogP contribution in [0.15, 0.2) is 0 Å². The van der Waals surface area contributed by atoms with Crippen LogP contribution < -0.4 is 0 Å². The molecule has 1 atom stereocenters. The van der Waals surface area contributed by atoms with Gasteiger partial charge >= 0.3 is 67.4 Å². The molecule has 0 saturated heterocycles. The van der Waals surface area contributed by atoms with Crippen molar-refractivity contribution in [2.24, 2.45) is 0 Å². The topological polar surface area (TPSA) is 46.5 Å². The van der Waals surface area contributed by atoms with Crippen molar-refractivity contribution >= 4 is 79.0 Å². The van der Waals surface area contributed by atoms with Gasteiger partial charge in [0.25, 0.3) is 0 Å². The molecule has 0 radical (unpaired) electrons. The van der Waals surface area contributed by atoms with Crippen molar-refractivity contribution in [2.45, 2.75) is 0 Å². The number of rotatable bonds is 2.